The van der Waals surface area contributed by atoms with Crippen molar-refractivity contribution in [3.63, 3.8) is 0 Å². The van der Waals surface area contributed by atoms with Crippen molar-refractivity contribution in [2.45, 2.75) is 19.1 Å². The highest BCUT2D eigenvalue weighted by molar-refractivity contribution is 5.94. The maximum Gasteiger partial charge on any atom is 0.251 e. The number of para-hydroxylation sites is 1. The van der Waals surface area contributed by atoms with Gasteiger partial charge in [0.2, 0.25) is 5.88 Å². The van der Waals surface area contributed by atoms with E-state index >= 15 is 0 Å². The molecule has 3 aromatic rings. The predicted octanol–water partition coefficient (Wildman–Crippen LogP) is 2.66. The topological polar surface area (TPSA) is 76.2 Å². The van der Waals surface area contributed by atoms with Crippen molar-refractivity contribution in [1.82, 2.24) is 15.3 Å². The first-order chi connectivity index (χ1) is 12.3. The number of benzene rings is 1. The molecule has 0 bridgehead atoms. The molecule has 2 N–H and O–H groups in total. The minimum atomic E-state index is -0.153. The SMILES string of the molecule is O=C(NCc1c[nH]c2ccccc12)c1ccnc(OC2CCOC2)c1. The van der Waals surface area contributed by atoms with Crippen molar-refractivity contribution >= 4 is 16.8 Å². The molecule has 1 amide bonds. The van der Waals surface area contributed by atoms with E-state index in [0.717, 1.165) is 22.9 Å². The molecule has 0 spiro atoms. The van der Waals surface area contributed by atoms with Gasteiger partial charge in [-0.1, -0.05) is 18.2 Å². The molecule has 0 radical (unpaired) electrons. The van der Waals surface area contributed by atoms with Gasteiger partial charge in [-0.3, -0.25) is 4.79 Å². The highest BCUT2D eigenvalue weighted by Crippen LogP contribution is 2.18. The largest absolute Gasteiger partial charge is 0.472 e. The maximum absolute atomic E-state index is 12.4. The molecule has 1 aliphatic rings. The van der Waals surface area contributed by atoms with Crippen LogP contribution in [0.3, 0.4) is 0 Å². The summed E-state index contributed by atoms with van der Waals surface area (Å²) in [5, 5.41) is 4.06. The van der Waals surface area contributed by atoms with Crippen molar-refractivity contribution in [2.75, 3.05) is 13.2 Å². The molecule has 1 aromatic carbocycles. The number of ether oxygens (including phenoxy) is 2. The van der Waals surface area contributed by atoms with E-state index in [1.165, 1.54) is 0 Å². The summed E-state index contributed by atoms with van der Waals surface area (Å²) in [6, 6.07) is 11.4. The van der Waals surface area contributed by atoms with Crippen LogP contribution in [0.5, 0.6) is 5.88 Å². The van der Waals surface area contributed by atoms with Gasteiger partial charge in [0.15, 0.2) is 0 Å². The number of carbonyl (C=O) groups is 1. The zero-order valence-corrected chi connectivity index (χ0v) is 13.7. The maximum atomic E-state index is 12.4. The average Bonchev–Trinajstić information content (AvgIpc) is 3.30. The van der Waals surface area contributed by atoms with Gasteiger partial charge in [-0.2, -0.15) is 0 Å². The molecular weight excluding hydrogens is 318 g/mol. The van der Waals surface area contributed by atoms with E-state index in [1.807, 2.05) is 30.5 Å². The van der Waals surface area contributed by atoms with Crippen LogP contribution < -0.4 is 10.1 Å². The lowest BCUT2D eigenvalue weighted by Gasteiger charge is -2.11. The Bertz CT molecular complexity index is 884. The van der Waals surface area contributed by atoms with E-state index in [1.54, 1.807) is 18.3 Å². The Labute approximate surface area is 145 Å². The number of nitrogens with one attached hydrogen (secondary N) is 2. The number of fused-ring (bicyclic) bond motifs is 1. The van der Waals surface area contributed by atoms with Gasteiger partial charge >= 0.3 is 0 Å². The first kappa shape index (κ1) is 15.7. The summed E-state index contributed by atoms with van der Waals surface area (Å²) >= 11 is 0. The Morgan fingerprint density at radius 2 is 2.28 bits per heavy atom. The Morgan fingerprint density at radius 3 is 3.16 bits per heavy atom. The van der Waals surface area contributed by atoms with Gasteiger partial charge < -0.3 is 19.8 Å². The smallest absolute Gasteiger partial charge is 0.251 e. The third kappa shape index (κ3) is 3.49. The Kier molecular flexibility index (Phi) is 4.35. The predicted molar refractivity (Wildman–Crippen MR) is 93.6 cm³/mol. The highest BCUT2D eigenvalue weighted by atomic mass is 16.5. The van der Waals surface area contributed by atoms with E-state index in [-0.39, 0.29) is 12.0 Å². The summed E-state index contributed by atoms with van der Waals surface area (Å²) in [6.07, 6.45) is 4.37. The average molecular weight is 337 g/mol. The summed E-state index contributed by atoms with van der Waals surface area (Å²) in [5.41, 5.74) is 2.64. The quantitative estimate of drug-likeness (QED) is 0.750. The van der Waals surface area contributed by atoms with Crippen molar-refractivity contribution < 1.29 is 14.3 Å². The lowest BCUT2D eigenvalue weighted by atomic mass is 10.1. The molecule has 6 heteroatoms. The van der Waals surface area contributed by atoms with Crippen LogP contribution in [0.2, 0.25) is 0 Å². The van der Waals surface area contributed by atoms with Crippen LogP contribution in [-0.4, -0.2) is 35.2 Å². The fraction of sp³-hybridized carbons (Fsp3) is 0.263. The van der Waals surface area contributed by atoms with Crippen molar-refractivity contribution in [3.05, 3.63) is 59.9 Å². The highest BCUT2D eigenvalue weighted by Gasteiger charge is 2.18. The molecule has 1 aliphatic heterocycles. The second kappa shape index (κ2) is 6.94. The number of nitrogens with zero attached hydrogens (tertiary/aromatic N) is 1. The fourth-order valence-electron chi connectivity index (χ4n) is 2.95. The second-order valence-electron chi connectivity index (χ2n) is 6.03. The summed E-state index contributed by atoms with van der Waals surface area (Å²) in [7, 11) is 0. The molecule has 0 saturated carbocycles. The second-order valence-corrected chi connectivity index (χ2v) is 6.03. The molecule has 1 fully saturated rings. The van der Waals surface area contributed by atoms with E-state index < -0.39 is 0 Å². The van der Waals surface area contributed by atoms with Gasteiger partial charge in [0.25, 0.3) is 5.91 Å². The van der Waals surface area contributed by atoms with Crippen LogP contribution in [0.1, 0.15) is 22.3 Å². The Balaban J connectivity index is 1.42. The Morgan fingerprint density at radius 1 is 1.36 bits per heavy atom. The first-order valence-electron chi connectivity index (χ1n) is 8.33. The molecule has 3 heterocycles. The third-order valence-electron chi connectivity index (χ3n) is 4.29. The first-order valence-corrected chi connectivity index (χ1v) is 8.33. The van der Waals surface area contributed by atoms with Gasteiger partial charge in [0.1, 0.15) is 6.10 Å². The Hall–Kier alpha value is -2.86. The number of hydrogen-bond donors (Lipinski definition) is 2. The van der Waals surface area contributed by atoms with Gasteiger partial charge in [-0.05, 0) is 17.7 Å². The molecule has 1 saturated heterocycles. The van der Waals surface area contributed by atoms with Crippen molar-refractivity contribution in [3.8, 4) is 5.88 Å². The molecule has 0 aliphatic carbocycles. The van der Waals surface area contributed by atoms with Gasteiger partial charge in [0, 0.05) is 47.9 Å². The number of amides is 1. The van der Waals surface area contributed by atoms with E-state index in [4.69, 9.17) is 9.47 Å². The zero-order valence-electron chi connectivity index (χ0n) is 13.7. The van der Waals surface area contributed by atoms with E-state index in [0.29, 0.717) is 31.2 Å². The molecule has 128 valence electrons. The van der Waals surface area contributed by atoms with E-state index in [9.17, 15) is 4.79 Å². The lowest BCUT2D eigenvalue weighted by Crippen LogP contribution is -2.23. The van der Waals surface area contributed by atoms with Crippen LogP contribution in [0.15, 0.2) is 48.8 Å². The number of rotatable bonds is 5. The number of pyridine rings is 1. The summed E-state index contributed by atoms with van der Waals surface area (Å²) < 4.78 is 11.0. The van der Waals surface area contributed by atoms with Crippen LogP contribution in [0.4, 0.5) is 0 Å². The zero-order chi connectivity index (χ0) is 17.1. The van der Waals surface area contributed by atoms with Crippen LogP contribution >= 0.6 is 0 Å². The number of aromatic amines is 1. The number of aromatic nitrogens is 2. The normalized spacial score (nSPS) is 16.9. The van der Waals surface area contributed by atoms with E-state index in [2.05, 4.69) is 15.3 Å². The lowest BCUT2D eigenvalue weighted by molar-refractivity contribution is 0.0949. The number of hydrogen-bond acceptors (Lipinski definition) is 4. The number of H-pyrrole nitrogens is 1. The molecule has 6 nitrogen and oxygen atoms in total. The third-order valence-corrected chi connectivity index (χ3v) is 4.29. The van der Waals surface area contributed by atoms with Crippen LogP contribution in [0, 0.1) is 0 Å². The fourth-order valence-corrected chi connectivity index (χ4v) is 2.95. The van der Waals surface area contributed by atoms with Gasteiger partial charge in [0.05, 0.1) is 13.2 Å². The molecular formula is C19H19N3O3. The summed E-state index contributed by atoms with van der Waals surface area (Å²) in [5.74, 6) is 0.301. The molecule has 4 rings (SSSR count). The van der Waals surface area contributed by atoms with Crippen molar-refractivity contribution in [1.29, 1.82) is 0 Å². The molecule has 25 heavy (non-hydrogen) atoms. The molecule has 1 unspecified atom stereocenters. The van der Waals surface area contributed by atoms with Gasteiger partial charge in [-0.15, -0.1) is 0 Å². The van der Waals surface area contributed by atoms with Crippen molar-refractivity contribution in [2.24, 2.45) is 0 Å². The van der Waals surface area contributed by atoms with Crippen LogP contribution in [0.25, 0.3) is 10.9 Å². The minimum absolute atomic E-state index is 0.0111. The minimum Gasteiger partial charge on any atom is -0.472 e. The number of carbonyl (C=O) groups excluding carboxylic acids is 1. The monoisotopic (exact) mass is 337 g/mol. The summed E-state index contributed by atoms with van der Waals surface area (Å²) in [4.78, 5) is 19.8. The molecule has 2 aromatic heterocycles. The summed E-state index contributed by atoms with van der Waals surface area (Å²) in [6.45, 7) is 1.73. The molecule has 1 atom stereocenters. The van der Waals surface area contributed by atoms with Crippen LogP contribution in [-0.2, 0) is 11.3 Å². The van der Waals surface area contributed by atoms with Gasteiger partial charge in [-0.25, -0.2) is 4.98 Å². The standard InChI is InChI=1S/C19H19N3O3/c23-19(22-11-14-10-21-17-4-2-1-3-16(14)17)13-5-7-20-18(9-13)25-15-6-8-24-12-15/h1-5,7,9-10,15,21H,6,8,11-12H2,(H,22,23).